The summed E-state index contributed by atoms with van der Waals surface area (Å²) in [5.41, 5.74) is 2.23. The molecular formula is C23H31N5O3S. The smallest absolute Gasteiger partial charge is 0.272 e. The zero-order valence-electron chi connectivity index (χ0n) is 19.4. The van der Waals surface area contributed by atoms with Gasteiger partial charge >= 0.3 is 0 Å². The van der Waals surface area contributed by atoms with Crippen LogP contribution in [0.5, 0.6) is 0 Å². The van der Waals surface area contributed by atoms with Gasteiger partial charge in [-0.2, -0.15) is 5.10 Å². The summed E-state index contributed by atoms with van der Waals surface area (Å²) in [5, 5.41) is 20.4. The van der Waals surface area contributed by atoms with Crippen LogP contribution in [-0.2, 0) is 11.3 Å². The molecule has 3 N–H and O–H groups in total. The van der Waals surface area contributed by atoms with Gasteiger partial charge < -0.3 is 15.7 Å². The third-order valence-electron chi connectivity index (χ3n) is 5.22. The van der Waals surface area contributed by atoms with Crippen LogP contribution in [0, 0.1) is 12.8 Å². The third-order valence-corrected chi connectivity index (χ3v) is 6.12. The number of aromatic nitrogens is 2. The summed E-state index contributed by atoms with van der Waals surface area (Å²) in [4.78, 5) is 30.3. The molecule has 3 rings (SSSR count). The highest BCUT2D eigenvalue weighted by Gasteiger charge is 2.32. The van der Waals surface area contributed by atoms with Gasteiger partial charge in [-0.15, -0.1) is 0 Å². The highest BCUT2D eigenvalue weighted by atomic mass is 32.2. The Bertz CT molecular complexity index is 1040. The summed E-state index contributed by atoms with van der Waals surface area (Å²) in [6.07, 6.45) is 0. The molecule has 1 aliphatic heterocycles. The quantitative estimate of drug-likeness (QED) is 0.638. The number of carbonyl (C=O) groups excluding carboxylic acids is 2. The van der Waals surface area contributed by atoms with Gasteiger partial charge in [0.2, 0.25) is 0 Å². The van der Waals surface area contributed by atoms with E-state index in [9.17, 15) is 14.7 Å². The Balaban J connectivity index is 1.92. The van der Waals surface area contributed by atoms with Crippen LogP contribution in [0.4, 0.5) is 5.82 Å². The average Bonchev–Trinajstić information content (AvgIpc) is 3.11. The molecule has 0 saturated heterocycles. The number of benzene rings is 1. The molecule has 1 aromatic heterocycles. The maximum absolute atomic E-state index is 13.0. The van der Waals surface area contributed by atoms with Crippen molar-refractivity contribution in [3.63, 3.8) is 0 Å². The lowest BCUT2D eigenvalue weighted by atomic mass is 10.1. The van der Waals surface area contributed by atoms with Gasteiger partial charge in [0.05, 0.1) is 18.2 Å². The lowest BCUT2D eigenvalue weighted by Crippen LogP contribution is -2.41. The second-order valence-electron chi connectivity index (χ2n) is 9.27. The van der Waals surface area contributed by atoms with E-state index in [-0.39, 0.29) is 30.4 Å². The van der Waals surface area contributed by atoms with Crippen LogP contribution < -0.4 is 10.6 Å². The first-order valence-electron chi connectivity index (χ1n) is 10.6. The van der Waals surface area contributed by atoms with Crippen molar-refractivity contribution >= 4 is 34.6 Å². The minimum atomic E-state index is -0.422. The van der Waals surface area contributed by atoms with Crippen molar-refractivity contribution in [3.05, 3.63) is 46.6 Å². The number of amides is 2. The third kappa shape index (κ3) is 5.21. The molecule has 8 nitrogen and oxygen atoms in total. The van der Waals surface area contributed by atoms with E-state index < -0.39 is 5.54 Å². The van der Waals surface area contributed by atoms with Gasteiger partial charge in [-0.3, -0.25) is 9.59 Å². The van der Waals surface area contributed by atoms with Crippen LogP contribution >= 0.6 is 11.8 Å². The second-order valence-corrected chi connectivity index (χ2v) is 10.2. The Hall–Kier alpha value is -2.65. The number of aliphatic hydroxyl groups excluding tert-OH is 1. The van der Waals surface area contributed by atoms with Crippen molar-refractivity contribution < 1.29 is 14.7 Å². The standard InChI is InChI=1S/C23H31N5O3S/c1-13(2)17(11-29)24-21(31)18-16-12-32-22(25-19(16)28(27-18)23(4,5)6)26-20(30)15-9-7-14(3)8-10-15/h7-10,13,17,29H,11-12H2,1-6H3,(H,24,31)(H,25,26,30)/t17-/m1/s1. The Kier molecular flexibility index (Phi) is 7.09. The zero-order chi connectivity index (χ0) is 23.6. The van der Waals surface area contributed by atoms with Gasteiger partial charge in [0.1, 0.15) is 0 Å². The highest BCUT2D eigenvalue weighted by molar-refractivity contribution is 8.13. The number of aliphatic hydroxyl groups is 1. The number of amidine groups is 1. The van der Waals surface area contributed by atoms with Crippen LogP contribution in [0.15, 0.2) is 29.3 Å². The molecule has 2 amide bonds. The number of hydrogen-bond donors (Lipinski definition) is 3. The summed E-state index contributed by atoms with van der Waals surface area (Å²) in [6, 6.07) is 6.97. The first kappa shape index (κ1) is 24.0. The molecule has 172 valence electrons. The van der Waals surface area contributed by atoms with Crippen molar-refractivity contribution in [2.75, 3.05) is 6.61 Å². The van der Waals surface area contributed by atoms with Crippen LogP contribution in [-0.4, -0.2) is 44.5 Å². The van der Waals surface area contributed by atoms with Gasteiger partial charge in [-0.05, 0) is 45.7 Å². The summed E-state index contributed by atoms with van der Waals surface area (Å²) in [5.74, 6) is 0.528. The highest BCUT2D eigenvalue weighted by Crippen LogP contribution is 2.36. The van der Waals surface area contributed by atoms with E-state index in [1.54, 1.807) is 16.8 Å². The SMILES string of the molecule is Cc1ccc(C(=O)NC2=Nc3c(c(C(=O)N[C@H](CO)C(C)C)nn3C(C)(C)C)CS2)cc1. The van der Waals surface area contributed by atoms with Crippen molar-refractivity contribution in [2.24, 2.45) is 10.9 Å². The van der Waals surface area contributed by atoms with E-state index >= 15 is 0 Å². The number of carbonyl (C=O) groups is 2. The number of rotatable bonds is 5. The number of nitrogens with one attached hydrogen (secondary N) is 2. The minimum absolute atomic E-state index is 0.0838. The molecule has 0 aliphatic carbocycles. The van der Waals surface area contributed by atoms with E-state index in [1.807, 2.05) is 53.7 Å². The molecule has 0 radical (unpaired) electrons. The lowest BCUT2D eigenvalue weighted by Gasteiger charge is -2.22. The largest absolute Gasteiger partial charge is 0.394 e. The van der Waals surface area contributed by atoms with Crippen molar-refractivity contribution in [1.82, 2.24) is 20.4 Å². The first-order valence-corrected chi connectivity index (χ1v) is 11.6. The molecule has 9 heteroatoms. The second kappa shape index (κ2) is 9.46. The van der Waals surface area contributed by atoms with Gasteiger partial charge in [0.25, 0.3) is 11.8 Å². The Morgan fingerprint density at radius 3 is 2.41 bits per heavy atom. The van der Waals surface area contributed by atoms with E-state index in [4.69, 9.17) is 0 Å². The molecule has 0 bridgehead atoms. The number of fused-ring (bicyclic) bond motifs is 1. The fourth-order valence-electron chi connectivity index (χ4n) is 3.21. The fourth-order valence-corrected chi connectivity index (χ4v) is 4.07. The Labute approximate surface area is 192 Å². The maximum Gasteiger partial charge on any atom is 0.272 e. The zero-order valence-corrected chi connectivity index (χ0v) is 20.2. The molecule has 0 saturated carbocycles. The Morgan fingerprint density at radius 2 is 1.84 bits per heavy atom. The summed E-state index contributed by atoms with van der Waals surface area (Å²) in [7, 11) is 0. The van der Waals surface area contributed by atoms with Crippen LogP contribution in [0.1, 0.15) is 66.6 Å². The lowest BCUT2D eigenvalue weighted by molar-refractivity contribution is 0.0889. The normalized spacial score (nSPS) is 14.6. The molecule has 2 aromatic rings. The number of nitrogens with zero attached hydrogens (tertiary/aromatic N) is 3. The number of hydrogen-bond acceptors (Lipinski definition) is 6. The molecular weight excluding hydrogens is 426 g/mol. The molecule has 1 aromatic carbocycles. The van der Waals surface area contributed by atoms with E-state index in [0.717, 1.165) is 11.1 Å². The van der Waals surface area contributed by atoms with E-state index in [2.05, 4.69) is 20.7 Å². The molecule has 2 heterocycles. The van der Waals surface area contributed by atoms with Gasteiger partial charge in [0, 0.05) is 16.9 Å². The van der Waals surface area contributed by atoms with Gasteiger partial charge in [-0.25, -0.2) is 9.67 Å². The topological polar surface area (TPSA) is 109 Å². The Morgan fingerprint density at radius 1 is 1.19 bits per heavy atom. The predicted molar refractivity (Wildman–Crippen MR) is 127 cm³/mol. The van der Waals surface area contributed by atoms with Gasteiger partial charge in [-0.1, -0.05) is 43.3 Å². The minimum Gasteiger partial charge on any atom is -0.394 e. The van der Waals surface area contributed by atoms with Crippen molar-refractivity contribution in [1.29, 1.82) is 0 Å². The first-order chi connectivity index (χ1) is 15.0. The fraction of sp³-hybridized carbons (Fsp3) is 0.478. The van der Waals surface area contributed by atoms with Crippen LogP contribution in [0.3, 0.4) is 0 Å². The predicted octanol–water partition coefficient (Wildman–Crippen LogP) is 3.36. The molecule has 0 fully saturated rings. The van der Waals surface area contributed by atoms with Crippen molar-refractivity contribution in [3.8, 4) is 0 Å². The number of aryl methyl sites for hydroxylation is 1. The number of thioether (sulfide) groups is 1. The summed E-state index contributed by atoms with van der Waals surface area (Å²) < 4.78 is 1.72. The average molecular weight is 458 g/mol. The van der Waals surface area contributed by atoms with E-state index in [1.165, 1.54) is 11.8 Å². The molecule has 0 unspecified atom stereocenters. The van der Waals surface area contributed by atoms with Crippen LogP contribution in [0.25, 0.3) is 0 Å². The maximum atomic E-state index is 13.0. The van der Waals surface area contributed by atoms with Crippen LogP contribution in [0.2, 0.25) is 0 Å². The van der Waals surface area contributed by atoms with E-state index in [0.29, 0.717) is 28.0 Å². The monoisotopic (exact) mass is 457 g/mol. The molecule has 0 spiro atoms. The molecule has 32 heavy (non-hydrogen) atoms. The molecule has 1 atom stereocenters. The van der Waals surface area contributed by atoms with Crippen molar-refractivity contribution in [2.45, 2.75) is 58.9 Å². The summed E-state index contributed by atoms with van der Waals surface area (Å²) >= 11 is 1.35. The number of aliphatic imine (C=N–C) groups is 1. The van der Waals surface area contributed by atoms with Gasteiger partial charge in [0.15, 0.2) is 16.7 Å². The molecule has 1 aliphatic rings. The summed E-state index contributed by atoms with van der Waals surface area (Å²) in [6.45, 7) is 11.6.